The second kappa shape index (κ2) is 9.13. The van der Waals surface area contributed by atoms with Gasteiger partial charge in [0, 0.05) is 11.6 Å². The zero-order chi connectivity index (χ0) is 25.8. The summed E-state index contributed by atoms with van der Waals surface area (Å²) < 4.78 is 60.7. The number of rotatable bonds is 3. The van der Waals surface area contributed by atoms with E-state index in [9.17, 15) is 13.2 Å². The molecule has 2 unspecified atom stereocenters. The van der Waals surface area contributed by atoms with Crippen molar-refractivity contribution in [1.82, 2.24) is 14.9 Å². The number of ether oxygens (including phenoxy) is 3. The summed E-state index contributed by atoms with van der Waals surface area (Å²) in [6, 6.07) is 5.64. The van der Waals surface area contributed by atoms with Crippen LogP contribution in [0, 0.1) is 11.8 Å². The Morgan fingerprint density at radius 1 is 1.14 bits per heavy atom. The molecule has 1 aromatic carbocycles. The number of aromatic nitrogens is 2. The fourth-order valence-electron chi connectivity index (χ4n) is 5.50. The zero-order valence-electron chi connectivity index (χ0n) is 20.5. The maximum Gasteiger partial charge on any atom is 0.417 e. The van der Waals surface area contributed by atoms with Crippen LogP contribution in [0.5, 0.6) is 0 Å². The summed E-state index contributed by atoms with van der Waals surface area (Å²) in [7, 11) is 0. The first kappa shape index (κ1) is 24.4. The zero-order valence-corrected chi connectivity index (χ0v) is 20.5. The number of fused-ring (bicyclic) bond motifs is 2. The second-order valence-corrected chi connectivity index (χ2v) is 10.2. The van der Waals surface area contributed by atoms with Crippen molar-refractivity contribution in [3.8, 4) is 11.8 Å². The molecule has 1 saturated carbocycles. The lowest BCUT2D eigenvalue weighted by Gasteiger charge is -2.26. The third kappa shape index (κ3) is 4.63. The molecule has 8 nitrogen and oxygen atoms in total. The molecule has 5 atom stereocenters. The van der Waals surface area contributed by atoms with Gasteiger partial charge >= 0.3 is 6.18 Å². The summed E-state index contributed by atoms with van der Waals surface area (Å²) >= 11 is 0. The van der Waals surface area contributed by atoms with Gasteiger partial charge in [-0.3, -0.25) is 9.88 Å². The number of benzene rings is 1. The number of hydrogen-bond acceptors (Lipinski definition) is 7. The minimum absolute atomic E-state index is 0.115. The lowest BCUT2D eigenvalue weighted by molar-refractivity contribution is -0.190. The minimum atomic E-state index is -4.51. The summed E-state index contributed by atoms with van der Waals surface area (Å²) in [6.07, 6.45) is 0.588. The van der Waals surface area contributed by atoms with Gasteiger partial charge < -0.3 is 19.5 Å². The quantitative estimate of drug-likeness (QED) is 0.592. The number of hydrogen-bond donors (Lipinski definition) is 2. The van der Waals surface area contributed by atoms with E-state index in [4.69, 9.17) is 14.2 Å². The van der Waals surface area contributed by atoms with Crippen LogP contribution in [-0.4, -0.2) is 46.0 Å². The number of anilines is 1. The van der Waals surface area contributed by atoms with Gasteiger partial charge in [0.15, 0.2) is 12.0 Å². The highest BCUT2D eigenvalue weighted by molar-refractivity contribution is 5.78. The van der Waals surface area contributed by atoms with E-state index in [1.807, 2.05) is 4.57 Å². The van der Waals surface area contributed by atoms with E-state index in [0.717, 1.165) is 30.4 Å². The van der Waals surface area contributed by atoms with Crippen molar-refractivity contribution in [2.75, 3.05) is 5.32 Å². The molecule has 2 N–H and O–H groups in total. The average Bonchev–Trinajstić information content (AvgIpc) is 3.62. The number of aliphatic imine (C=N–C) groups is 1. The van der Waals surface area contributed by atoms with Crippen LogP contribution in [0.3, 0.4) is 0 Å². The lowest BCUT2D eigenvalue weighted by Crippen LogP contribution is -2.33. The molecule has 0 bridgehead atoms. The summed E-state index contributed by atoms with van der Waals surface area (Å²) in [5.74, 6) is 5.38. The Bertz CT molecular complexity index is 1260. The molecule has 2 saturated heterocycles. The highest BCUT2D eigenvalue weighted by Gasteiger charge is 2.56. The molecule has 4 aliphatic rings. The van der Waals surface area contributed by atoms with Crippen LogP contribution in [0.15, 0.2) is 35.6 Å². The highest BCUT2D eigenvalue weighted by atomic mass is 19.4. The third-order valence-corrected chi connectivity index (χ3v) is 7.14. The molecule has 2 aromatic rings. The molecule has 1 aliphatic carbocycles. The van der Waals surface area contributed by atoms with E-state index in [1.165, 1.54) is 31.0 Å². The van der Waals surface area contributed by atoms with Crippen LogP contribution in [0.1, 0.15) is 68.7 Å². The molecule has 3 aliphatic heterocycles. The van der Waals surface area contributed by atoms with Gasteiger partial charge in [-0.25, -0.2) is 9.98 Å². The Labute approximate surface area is 212 Å². The summed E-state index contributed by atoms with van der Waals surface area (Å²) in [6.45, 7) is 3.59. The number of imidazole rings is 1. The van der Waals surface area contributed by atoms with Crippen LogP contribution < -0.4 is 10.6 Å². The molecule has 11 heteroatoms. The van der Waals surface area contributed by atoms with Gasteiger partial charge in [0.2, 0.25) is 0 Å². The van der Waals surface area contributed by atoms with E-state index in [-0.39, 0.29) is 11.7 Å². The number of nitrogens with one attached hydrogen (secondary N) is 2. The van der Waals surface area contributed by atoms with E-state index in [1.54, 1.807) is 26.5 Å². The summed E-state index contributed by atoms with van der Waals surface area (Å²) in [4.78, 5) is 9.16. The van der Waals surface area contributed by atoms with Crippen molar-refractivity contribution in [3.05, 3.63) is 47.4 Å². The molecule has 1 aromatic heterocycles. The maximum absolute atomic E-state index is 13.5. The molecule has 0 amide bonds. The Morgan fingerprint density at radius 3 is 2.68 bits per heavy atom. The number of alkyl halides is 3. The Balaban J connectivity index is 1.29. The van der Waals surface area contributed by atoms with Gasteiger partial charge in [-0.1, -0.05) is 36.8 Å². The molecule has 37 heavy (non-hydrogen) atoms. The first-order valence-electron chi connectivity index (χ1n) is 12.5. The van der Waals surface area contributed by atoms with Gasteiger partial charge in [0.1, 0.15) is 36.0 Å². The fraction of sp³-hybridized carbons (Fsp3) is 0.538. The van der Waals surface area contributed by atoms with Gasteiger partial charge in [-0.05, 0) is 38.8 Å². The molecule has 196 valence electrons. The standard InChI is InChI=1S/C26H28F3N5O3/c1-25(2)36-20-18(12-11-15-7-3-6-10-17(15)26(27,28)29)35-24(21(20)37-25)34-14-32-19-22(30-13-31-23(19)34)33-16-8-4-5-9-16/h3,6-7,10,13-14,16,18,20-22,24,33H,4-5,8-9H2,1-2H3,(H,30,31)/t18?,20-,21-,22?,24-/m1/s1. The van der Waals surface area contributed by atoms with Gasteiger partial charge in [0.05, 0.1) is 18.2 Å². The number of halogens is 3. The Kier molecular flexibility index (Phi) is 6.03. The first-order valence-corrected chi connectivity index (χ1v) is 12.5. The molecule has 4 heterocycles. The van der Waals surface area contributed by atoms with Crippen LogP contribution in [0.25, 0.3) is 0 Å². The lowest BCUT2D eigenvalue weighted by atomic mass is 10.1. The first-order chi connectivity index (χ1) is 17.7. The molecule has 6 rings (SSSR count). The smallest absolute Gasteiger partial charge is 0.341 e. The molecule has 0 radical (unpaired) electrons. The third-order valence-electron chi connectivity index (χ3n) is 7.14. The van der Waals surface area contributed by atoms with Crippen LogP contribution in [0.4, 0.5) is 19.0 Å². The molecular weight excluding hydrogens is 487 g/mol. The summed E-state index contributed by atoms with van der Waals surface area (Å²) in [5.41, 5.74) is -0.151. The normalized spacial score (nSPS) is 30.5. The largest absolute Gasteiger partial charge is 0.417 e. The monoisotopic (exact) mass is 515 g/mol. The van der Waals surface area contributed by atoms with Crippen molar-refractivity contribution in [1.29, 1.82) is 0 Å². The Hall–Kier alpha value is -2.91. The highest BCUT2D eigenvalue weighted by Crippen LogP contribution is 2.45. The molecular formula is C26H28F3N5O3. The second-order valence-electron chi connectivity index (χ2n) is 10.2. The van der Waals surface area contributed by atoms with Gasteiger partial charge in [-0.15, -0.1) is 0 Å². The van der Waals surface area contributed by atoms with Gasteiger partial charge in [-0.2, -0.15) is 13.2 Å². The predicted octanol–water partition coefficient (Wildman–Crippen LogP) is 4.36. The van der Waals surface area contributed by atoms with E-state index < -0.39 is 42.1 Å². The van der Waals surface area contributed by atoms with E-state index in [2.05, 4.69) is 32.5 Å². The van der Waals surface area contributed by atoms with Crippen LogP contribution in [0.2, 0.25) is 0 Å². The maximum atomic E-state index is 13.5. The van der Waals surface area contributed by atoms with Crippen molar-refractivity contribution in [2.24, 2.45) is 4.99 Å². The fourth-order valence-corrected chi connectivity index (χ4v) is 5.50. The predicted molar refractivity (Wildman–Crippen MR) is 129 cm³/mol. The molecule has 3 fully saturated rings. The SMILES string of the molecule is CC1(C)O[C@@H]2[C@H](O1)C(C#Cc1ccccc1C(F)(F)F)O[C@H]2n1cnc2c1NC=NC2NC1CCCC1. The van der Waals surface area contributed by atoms with Crippen molar-refractivity contribution < 1.29 is 27.4 Å². The van der Waals surface area contributed by atoms with Crippen LogP contribution >= 0.6 is 0 Å². The number of nitrogens with zero attached hydrogens (tertiary/aromatic N) is 3. The van der Waals surface area contributed by atoms with E-state index >= 15 is 0 Å². The van der Waals surface area contributed by atoms with Crippen molar-refractivity contribution >= 4 is 12.2 Å². The average molecular weight is 516 g/mol. The molecule has 0 spiro atoms. The van der Waals surface area contributed by atoms with Crippen LogP contribution in [-0.2, 0) is 20.4 Å². The Morgan fingerprint density at radius 2 is 1.89 bits per heavy atom. The minimum Gasteiger partial charge on any atom is -0.341 e. The van der Waals surface area contributed by atoms with Crippen molar-refractivity contribution in [2.45, 2.75) is 88.2 Å². The van der Waals surface area contributed by atoms with Gasteiger partial charge in [0.25, 0.3) is 0 Å². The topological polar surface area (TPSA) is 81.9 Å². The van der Waals surface area contributed by atoms with Crippen molar-refractivity contribution in [3.63, 3.8) is 0 Å². The van der Waals surface area contributed by atoms with E-state index in [0.29, 0.717) is 6.04 Å². The summed E-state index contributed by atoms with van der Waals surface area (Å²) in [5, 5.41) is 6.75.